The van der Waals surface area contributed by atoms with Crippen molar-refractivity contribution in [1.29, 1.82) is 0 Å². The lowest BCUT2D eigenvalue weighted by Crippen LogP contribution is -2.28. The molecule has 0 radical (unpaired) electrons. The van der Waals surface area contributed by atoms with Crippen molar-refractivity contribution in [2.24, 2.45) is 5.10 Å². The molecule has 0 spiro atoms. The highest BCUT2D eigenvalue weighted by Gasteiger charge is 2.25. The Balaban J connectivity index is 2.07. The molecule has 1 aromatic heterocycles. The zero-order valence-corrected chi connectivity index (χ0v) is 15.1. The minimum atomic E-state index is -0.638. The molecule has 25 heavy (non-hydrogen) atoms. The molecule has 7 nitrogen and oxygen atoms in total. The highest BCUT2D eigenvalue weighted by Crippen LogP contribution is 2.31. The molecule has 2 rings (SSSR count). The second kappa shape index (κ2) is 8.15. The van der Waals surface area contributed by atoms with Gasteiger partial charge in [0.05, 0.1) is 11.9 Å². The molecule has 130 valence electrons. The van der Waals surface area contributed by atoms with Crippen molar-refractivity contribution in [3.63, 3.8) is 0 Å². The van der Waals surface area contributed by atoms with Crippen LogP contribution in [0.3, 0.4) is 0 Å². The maximum atomic E-state index is 12.1. The minimum absolute atomic E-state index is 0.00484. The number of hydrazone groups is 1. The van der Waals surface area contributed by atoms with E-state index < -0.39 is 5.91 Å². The first kappa shape index (κ1) is 19.0. The Morgan fingerprint density at radius 3 is 2.40 bits per heavy atom. The molecular formula is C15H13Cl3N5O2+. The number of carbonyl (C=O) groups excluding carboxylic acids is 2. The first-order valence-electron chi connectivity index (χ1n) is 6.86. The van der Waals surface area contributed by atoms with Gasteiger partial charge < -0.3 is 11.1 Å². The van der Waals surface area contributed by atoms with Crippen LogP contribution < -0.4 is 21.5 Å². The van der Waals surface area contributed by atoms with Gasteiger partial charge in [0.1, 0.15) is 10.0 Å². The first-order valence-corrected chi connectivity index (χ1v) is 7.99. The van der Waals surface area contributed by atoms with Gasteiger partial charge in [-0.2, -0.15) is 10.1 Å². The van der Waals surface area contributed by atoms with E-state index in [-0.39, 0.29) is 32.5 Å². The summed E-state index contributed by atoms with van der Waals surface area (Å²) in [7, 11) is 0. The summed E-state index contributed by atoms with van der Waals surface area (Å²) >= 11 is 17.6. The number of carbonyl (C=O) groups is 2. The number of nitrogen functional groups attached to an aromatic ring is 1. The van der Waals surface area contributed by atoms with E-state index in [2.05, 4.69) is 20.8 Å². The third kappa shape index (κ3) is 4.82. The molecule has 2 amide bonds. The largest absolute Gasteiger partial charge is 0.396 e. The van der Waals surface area contributed by atoms with E-state index >= 15 is 0 Å². The van der Waals surface area contributed by atoms with E-state index in [1.807, 2.05) is 0 Å². The quantitative estimate of drug-likeness (QED) is 0.416. The van der Waals surface area contributed by atoms with Gasteiger partial charge in [-0.05, 0) is 29.3 Å². The van der Waals surface area contributed by atoms with Crippen LogP contribution in [0.15, 0.2) is 29.4 Å². The number of aromatic amines is 1. The third-order valence-corrected chi connectivity index (χ3v) is 4.12. The van der Waals surface area contributed by atoms with Crippen molar-refractivity contribution >= 4 is 64.2 Å². The zero-order chi connectivity index (χ0) is 18.6. The van der Waals surface area contributed by atoms with Crippen LogP contribution in [0.2, 0.25) is 15.2 Å². The van der Waals surface area contributed by atoms with Crippen LogP contribution in [0.4, 0.5) is 11.4 Å². The lowest BCUT2D eigenvalue weighted by molar-refractivity contribution is -0.379. The summed E-state index contributed by atoms with van der Waals surface area (Å²) < 4.78 is 0. The standard InChI is InChI=1S/C15H12Cl3N5O2/c1-7(24)21-9-4-2-8(3-5-9)6-20-23-15(25)13-10(16)12(19)11(17)14(18)22-13/h2-6H,1H3,(H2,19,22)(H,21,24)(H,23,25)/p+1/b20-6+. The normalized spacial score (nSPS) is 10.7. The summed E-state index contributed by atoms with van der Waals surface area (Å²) in [5.74, 6) is -0.802. The van der Waals surface area contributed by atoms with E-state index in [0.29, 0.717) is 11.3 Å². The van der Waals surface area contributed by atoms with Crippen molar-refractivity contribution < 1.29 is 14.6 Å². The molecule has 0 atom stereocenters. The second-order valence-electron chi connectivity index (χ2n) is 4.86. The van der Waals surface area contributed by atoms with Gasteiger partial charge >= 0.3 is 5.91 Å². The number of nitrogens with zero attached hydrogens (tertiary/aromatic N) is 1. The Hall–Kier alpha value is -2.35. The van der Waals surface area contributed by atoms with E-state index in [0.717, 1.165) is 0 Å². The van der Waals surface area contributed by atoms with Gasteiger partial charge in [0.25, 0.3) is 10.8 Å². The van der Waals surface area contributed by atoms with Gasteiger partial charge in [-0.15, -0.1) is 0 Å². The number of nitrogens with two attached hydrogens (primary N) is 1. The Kier molecular flexibility index (Phi) is 6.19. The topological polar surface area (TPSA) is 111 Å². The number of benzene rings is 1. The Bertz CT molecular complexity index is 853. The summed E-state index contributed by atoms with van der Waals surface area (Å²) in [5.41, 5.74) is 9.26. The van der Waals surface area contributed by atoms with E-state index in [1.165, 1.54) is 13.1 Å². The Labute approximate surface area is 158 Å². The van der Waals surface area contributed by atoms with Crippen molar-refractivity contribution in [2.75, 3.05) is 11.1 Å². The van der Waals surface area contributed by atoms with Crippen LogP contribution in [-0.2, 0) is 4.79 Å². The number of hydrogen-bond acceptors (Lipinski definition) is 4. The smallest absolute Gasteiger partial charge is 0.337 e. The van der Waals surface area contributed by atoms with E-state index in [4.69, 9.17) is 40.5 Å². The molecule has 1 aromatic carbocycles. The number of nitrogens with one attached hydrogen (secondary N) is 3. The molecule has 0 aliphatic rings. The van der Waals surface area contributed by atoms with Gasteiger partial charge in [-0.25, -0.2) is 5.43 Å². The van der Waals surface area contributed by atoms with E-state index in [9.17, 15) is 9.59 Å². The lowest BCUT2D eigenvalue weighted by Gasteiger charge is -2.03. The molecule has 0 aliphatic carbocycles. The van der Waals surface area contributed by atoms with Gasteiger partial charge in [-0.3, -0.25) is 9.59 Å². The van der Waals surface area contributed by atoms with Crippen LogP contribution >= 0.6 is 34.8 Å². The van der Waals surface area contributed by atoms with Gasteiger partial charge in [-0.1, -0.05) is 35.3 Å². The molecule has 5 N–H and O–H groups in total. The maximum absolute atomic E-state index is 12.1. The second-order valence-corrected chi connectivity index (χ2v) is 5.99. The summed E-state index contributed by atoms with van der Waals surface area (Å²) in [5, 5.41) is 6.44. The lowest BCUT2D eigenvalue weighted by atomic mass is 10.2. The number of amides is 2. The number of rotatable bonds is 4. The number of halogens is 3. The number of aromatic nitrogens is 1. The number of pyridine rings is 1. The fourth-order valence-electron chi connectivity index (χ4n) is 1.80. The average molecular weight is 402 g/mol. The summed E-state index contributed by atoms with van der Waals surface area (Å²) in [6.07, 6.45) is 1.42. The van der Waals surface area contributed by atoms with Crippen LogP contribution in [0.1, 0.15) is 23.0 Å². The third-order valence-electron chi connectivity index (χ3n) is 2.96. The SMILES string of the molecule is CC(=O)Nc1ccc(/C=N/NC(=O)c2[nH+]c(Cl)c(Cl)c(N)c2Cl)cc1. The Morgan fingerprint density at radius 2 is 1.80 bits per heavy atom. The van der Waals surface area contributed by atoms with Crippen molar-refractivity contribution in [2.45, 2.75) is 6.92 Å². The highest BCUT2D eigenvalue weighted by atomic mass is 35.5. The van der Waals surface area contributed by atoms with Crippen LogP contribution in [0, 0.1) is 0 Å². The molecule has 0 saturated carbocycles. The molecule has 1 heterocycles. The summed E-state index contributed by atoms with van der Waals surface area (Å²) in [4.78, 5) is 25.6. The molecule has 0 unspecified atom stereocenters. The summed E-state index contributed by atoms with van der Waals surface area (Å²) in [6, 6.07) is 6.85. The van der Waals surface area contributed by atoms with Gasteiger partial charge in [0, 0.05) is 12.6 Å². The fourth-order valence-corrected chi connectivity index (χ4v) is 2.42. The summed E-state index contributed by atoms with van der Waals surface area (Å²) in [6.45, 7) is 1.42. The Morgan fingerprint density at radius 1 is 1.16 bits per heavy atom. The number of H-pyrrole nitrogens is 1. The number of hydrogen-bond donors (Lipinski definition) is 3. The minimum Gasteiger partial charge on any atom is -0.396 e. The highest BCUT2D eigenvalue weighted by molar-refractivity contribution is 6.45. The van der Waals surface area contributed by atoms with Crippen LogP contribution in [0.25, 0.3) is 0 Å². The van der Waals surface area contributed by atoms with Gasteiger partial charge in [0.2, 0.25) is 5.91 Å². The van der Waals surface area contributed by atoms with Gasteiger partial charge in [0.15, 0.2) is 0 Å². The maximum Gasteiger partial charge on any atom is 0.337 e. The molecule has 0 aliphatic heterocycles. The first-order chi connectivity index (χ1) is 11.8. The molecule has 0 saturated heterocycles. The zero-order valence-electron chi connectivity index (χ0n) is 12.9. The average Bonchev–Trinajstić information content (AvgIpc) is 2.57. The molecule has 0 fully saturated rings. The molecule has 10 heteroatoms. The monoisotopic (exact) mass is 400 g/mol. The van der Waals surface area contributed by atoms with Crippen LogP contribution in [-0.4, -0.2) is 18.0 Å². The fraction of sp³-hybridized carbons (Fsp3) is 0.0667. The van der Waals surface area contributed by atoms with Crippen LogP contribution in [0.5, 0.6) is 0 Å². The predicted molar refractivity (Wildman–Crippen MR) is 98.2 cm³/mol. The molecular weight excluding hydrogens is 389 g/mol. The van der Waals surface area contributed by atoms with Crippen molar-refractivity contribution in [3.05, 3.63) is 50.7 Å². The predicted octanol–water partition coefficient (Wildman–Crippen LogP) is 2.77. The van der Waals surface area contributed by atoms with Crippen molar-refractivity contribution in [1.82, 2.24) is 5.43 Å². The molecule has 2 aromatic rings. The molecule has 0 bridgehead atoms. The van der Waals surface area contributed by atoms with E-state index in [1.54, 1.807) is 24.3 Å². The van der Waals surface area contributed by atoms with Crippen molar-refractivity contribution in [3.8, 4) is 0 Å². The number of anilines is 2.